The summed E-state index contributed by atoms with van der Waals surface area (Å²) in [6.45, 7) is 4.78. The molecule has 2 rings (SSSR count). The molecule has 2 N–H and O–H groups in total. The van der Waals surface area contributed by atoms with E-state index in [1.165, 1.54) is 21.9 Å². The molecule has 0 aliphatic carbocycles. The summed E-state index contributed by atoms with van der Waals surface area (Å²) in [6.07, 6.45) is 0.941. The maximum absolute atomic E-state index is 10.7. The number of aliphatic imine (C=N–C) groups is 1. The first-order valence-corrected chi connectivity index (χ1v) is 8.55. The van der Waals surface area contributed by atoms with Gasteiger partial charge in [0.15, 0.2) is 5.96 Å². The maximum atomic E-state index is 10.7. The number of aryl methyl sites for hydroxylation is 1. The number of benzene rings is 1. The lowest BCUT2D eigenvalue weighted by Gasteiger charge is -2.17. The van der Waals surface area contributed by atoms with E-state index in [9.17, 15) is 10.1 Å². The summed E-state index contributed by atoms with van der Waals surface area (Å²) in [5, 5.41) is 17.2. The van der Waals surface area contributed by atoms with E-state index in [0.29, 0.717) is 12.5 Å². The number of nitrogens with zero attached hydrogens (tertiary/aromatic N) is 2. The first-order chi connectivity index (χ1) is 11.5. The fourth-order valence-corrected chi connectivity index (χ4v) is 3.32. The summed E-state index contributed by atoms with van der Waals surface area (Å²) in [5.41, 5.74) is 1.06. The zero-order chi connectivity index (χ0) is 17.5. The van der Waals surface area contributed by atoms with Gasteiger partial charge in [-0.15, -0.1) is 11.3 Å². The molecular weight excluding hydrogens is 324 g/mol. The van der Waals surface area contributed by atoms with Gasteiger partial charge >= 0.3 is 0 Å². The molecule has 7 heteroatoms. The fourth-order valence-electron chi connectivity index (χ4n) is 2.30. The number of nitro groups is 1. The summed E-state index contributed by atoms with van der Waals surface area (Å²) in [4.78, 5) is 17.2. The average molecular weight is 346 g/mol. The summed E-state index contributed by atoms with van der Waals surface area (Å²) >= 11 is 1.81. The SMILES string of the molecule is CN=C(NCc1ccc([N+](=O)[O-])cc1)NC(C)Cc1ccc(C)s1. The van der Waals surface area contributed by atoms with Crippen LogP contribution < -0.4 is 10.6 Å². The third-order valence-electron chi connectivity index (χ3n) is 3.52. The number of nitro benzene ring substituents is 1. The van der Waals surface area contributed by atoms with Gasteiger partial charge in [0.05, 0.1) is 4.92 Å². The molecule has 0 spiro atoms. The van der Waals surface area contributed by atoms with E-state index in [2.05, 4.69) is 41.6 Å². The maximum Gasteiger partial charge on any atom is 0.269 e. The Kier molecular flexibility index (Phi) is 6.31. The number of non-ortho nitro benzene ring substituents is 1. The monoisotopic (exact) mass is 346 g/mol. The zero-order valence-electron chi connectivity index (χ0n) is 14.1. The van der Waals surface area contributed by atoms with E-state index in [4.69, 9.17) is 0 Å². The van der Waals surface area contributed by atoms with Gasteiger partial charge in [-0.3, -0.25) is 15.1 Å². The minimum atomic E-state index is -0.397. The van der Waals surface area contributed by atoms with Crippen LogP contribution in [-0.4, -0.2) is 24.0 Å². The van der Waals surface area contributed by atoms with Crippen LogP contribution in [0.3, 0.4) is 0 Å². The van der Waals surface area contributed by atoms with E-state index in [1.54, 1.807) is 19.2 Å². The molecule has 0 radical (unpaired) electrons. The first-order valence-electron chi connectivity index (χ1n) is 7.73. The minimum Gasteiger partial charge on any atom is -0.354 e. The smallest absolute Gasteiger partial charge is 0.269 e. The molecule has 0 bridgehead atoms. The molecule has 128 valence electrons. The van der Waals surface area contributed by atoms with E-state index in [-0.39, 0.29) is 11.7 Å². The van der Waals surface area contributed by atoms with Gasteiger partial charge in [-0.05, 0) is 31.5 Å². The Bertz CT molecular complexity index is 710. The van der Waals surface area contributed by atoms with Crippen molar-refractivity contribution >= 4 is 23.0 Å². The molecule has 1 unspecified atom stereocenters. The average Bonchev–Trinajstić information content (AvgIpc) is 2.96. The van der Waals surface area contributed by atoms with Gasteiger partial charge in [-0.1, -0.05) is 12.1 Å². The Balaban J connectivity index is 1.84. The van der Waals surface area contributed by atoms with Crippen LogP contribution in [0.25, 0.3) is 0 Å². The topological polar surface area (TPSA) is 79.6 Å². The highest BCUT2D eigenvalue weighted by Gasteiger charge is 2.08. The highest BCUT2D eigenvalue weighted by atomic mass is 32.1. The van der Waals surface area contributed by atoms with Crippen LogP contribution >= 0.6 is 11.3 Å². The standard InChI is InChI=1S/C17H22N4O2S/c1-12(10-16-9-4-13(2)24-16)20-17(18-3)19-11-14-5-7-15(8-6-14)21(22)23/h4-9,12H,10-11H2,1-3H3,(H2,18,19,20). The highest BCUT2D eigenvalue weighted by Crippen LogP contribution is 2.16. The first kappa shape index (κ1) is 17.9. The third kappa shape index (κ3) is 5.34. The van der Waals surface area contributed by atoms with Crippen molar-refractivity contribution in [3.05, 3.63) is 61.8 Å². The number of hydrogen-bond acceptors (Lipinski definition) is 4. The van der Waals surface area contributed by atoms with Gasteiger partial charge in [-0.25, -0.2) is 0 Å². The number of hydrogen-bond donors (Lipinski definition) is 2. The van der Waals surface area contributed by atoms with Crippen molar-refractivity contribution < 1.29 is 4.92 Å². The molecular formula is C17H22N4O2S. The fraction of sp³-hybridized carbons (Fsp3) is 0.353. The van der Waals surface area contributed by atoms with Crippen LogP contribution in [-0.2, 0) is 13.0 Å². The Labute approximate surface area is 145 Å². The van der Waals surface area contributed by atoms with Crippen molar-refractivity contribution in [1.82, 2.24) is 10.6 Å². The molecule has 0 saturated carbocycles. The molecule has 1 aromatic carbocycles. The largest absolute Gasteiger partial charge is 0.354 e. The van der Waals surface area contributed by atoms with Crippen LogP contribution in [0.1, 0.15) is 22.2 Å². The van der Waals surface area contributed by atoms with Crippen molar-refractivity contribution in [2.75, 3.05) is 7.05 Å². The zero-order valence-corrected chi connectivity index (χ0v) is 14.9. The lowest BCUT2D eigenvalue weighted by Crippen LogP contribution is -2.42. The number of nitrogens with one attached hydrogen (secondary N) is 2. The second-order valence-corrected chi connectivity index (χ2v) is 6.98. The van der Waals surface area contributed by atoms with E-state index in [1.807, 2.05) is 11.3 Å². The molecule has 6 nitrogen and oxygen atoms in total. The van der Waals surface area contributed by atoms with E-state index < -0.39 is 4.92 Å². The molecule has 1 aromatic heterocycles. The summed E-state index contributed by atoms with van der Waals surface area (Å²) in [7, 11) is 1.73. The van der Waals surface area contributed by atoms with Crippen molar-refractivity contribution in [2.24, 2.45) is 4.99 Å². The van der Waals surface area contributed by atoms with Crippen LogP contribution in [0.5, 0.6) is 0 Å². The summed E-state index contributed by atoms with van der Waals surface area (Å²) in [5.74, 6) is 0.717. The van der Waals surface area contributed by atoms with Gasteiger partial charge in [-0.2, -0.15) is 0 Å². The Morgan fingerprint density at radius 1 is 1.29 bits per heavy atom. The van der Waals surface area contributed by atoms with Gasteiger partial charge in [0, 0.05) is 47.9 Å². The summed E-state index contributed by atoms with van der Waals surface area (Å²) in [6, 6.07) is 11.1. The number of guanidine groups is 1. The van der Waals surface area contributed by atoms with Gasteiger partial charge in [0.2, 0.25) is 0 Å². The molecule has 0 fully saturated rings. The second-order valence-electron chi connectivity index (χ2n) is 5.61. The van der Waals surface area contributed by atoms with Crippen molar-refractivity contribution in [2.45, 2.75) is 32.9 Å². The van der Waals surface area contributed by atoms with Crippen molar-refractivity contribution in [3.8, 4) is 0 Å². The Morgan fingerprint density at radius 2 is 2.00 bits per heavy atom. The van der Waals surface area contributed by atoms with Crippen LogP contribution in [0.4, 0.5) is 5.69 Å². The Hall–Kier alpha value is -2.41. The van der Waals surface area contributed by atoms with E-state index in [0.717, 1.165) is 12.0 Å². The van der Waals surface area contributed by atoms with Crippen LogP contribution in [0.2, 0.25) is 0 Å². The normalized spacial score (nSPS) is 12.7. The minimum absolute atomic E-state index is 0.0983. The quantitative estimate of drug-likeness (QED) is 0.364. The van der Waals surface area contributed by atoms with Gasteiger partial charge in [0.25, 0.3) is 5.69 Å². The molecule has 0 aliphatic heterocycles. The molecule has 0 saturated heterocycles. The lowest BCUT2D eigenvalue weighted by atomic mass is 10.2. The molecule has 0 aliphatic rings. The molecule has 2 aromatic rings. The van der Waals surface area contributed by atoms with Crippen molar-refractivity contribution in [1.29, 1.82) is 0 Å². The molecule has 24 heavy (non-hydrogen) atoms. The Morgan fingerprint density at radius 3 is 2.54 bits per heavy atom. The lowest BCUT2D eigenvalue weighted by molar-refractivity contribution is -0.384. The molecule has 1 atom stereocenters. The summed E-state index contributed by atoms with van der Waals surface area (Å²) < 4.78 is 0. The third-order valence-corrected chi connectivity index (χ3v) is 4.54. The van der Waals surface area contributed by atoms with Crippen molar-refractivity contribution in [3.63, 3.8) is 0 Å². The predicted molar refractivity (Wildman–Crippen MR) is 98.7 cm³/mol. The second kappa shape index (κ2) is 8.44. The van der Waals surface area contributed by atoms with Crippen LogP contribution in [0, 0.1) is 17.0 Å². The number of thiophene rings is 1. The highest BCUT2D eigenvalue weighted by molar-refractivity contribution is 7.11. The van der Waals surface area contributed by atoms with Gasteiger partial charge < -0.3 is 10.6 Å². The number of rotatable bonds is 6. The molecule has 0 amide bonds. The predicted octanol–water partition coefficient (Wildman–Crippen LogP) is 3.26. The van der Waals surface area contributed by atoms with Crippen LogP contribution in [0.15, 0.2) is 41.4 Å². The van der Waals surface area contributed by atoms with E-state index >= 15 is 0 Å². The van der Waals surface area contributed by atoms with Gasteiger partial charge in [0.1, 0.15) is 0 Å². The molecule has 1 heterocycles.